The van der Waals surface area contributed by atoms with Gasteiger partial charge in [0.15, 0.2) is 0 Å². The molecule has 2 aromatic carbocycles. The zero-order valence-electron chi connectivity index (χ0n) is 14.4. The van der Waals surface area contributed by atoms with Crippen molar-refractivity contribution in [3.63, 3.8) is 0 Å². The van der Waals surface area contributed by atoms with Crippen molar-refractivity contribution >= 4 is 10.9 Å². The molecule has 0 bridgehead atoms. The van der Waals surface area contributed by atoms with E-state index in [1.165, 1.54) is 12.4 Å². The topological polar surface area (TPSA) is 47.9 Å². The maximum absolute atomic E-state index is 14.4. The van der Waals surface area contributed by atoms with E-state index in [-0.39, 0.29) is 5.82 Å². The van der Waals surface area contributed by atoms with Gasteiger partial charge in [-0.25, -0.2) is 14.4 Å². The highest BCUT2D eigenvalue weighted by atomic mass is 19.1. The molecule has 5 heteroatoms. The molecule has 0 unspecified atom stereocenters. The second-order valence-electron chi connectivity index (χ2n) is 6.00. The third-order valence-corrected chi connectivity index (χ3v) is 4.29. The van der Waals surface area contributed by atoms with E-state index in [1.54, 1.807) is 19.4 Å². The fraction of sp³-hybridized carbons (Fsp3) is 0.0952. The van der Waals surface area contributed by atoms with Crippen LogP contribution in [0.15, 0.2) is 61.1 Å². The van der Waals surface area contributed by atoms with Gasteiger partial charge in [-0.15, -0.1) is 0 Å². The zero-order valence-corrected chi connectivity index (χ0v) is 14.4. The lowest BCUT2D eigenvalue weighted by atomic mass is 9.97. The summed E-state index contributed by atoms with van der Waals surface area (Å²) in [6.07, 6.45) is 3.14. The molecule has 4 aromatic rings. The maximum atomic E-state index is 14.4. The second-order valence-corrected chi connectivity index (χ2v) is 6.00. The average molecular weight is 345 g/mol. The largest absolute Gasteiger partial charge is 0.480 e. The number of methoxy groups -OCH3 is 1. The van der Waals surface area contributed by atoms with Crippen molar-refractivity contribution in [1.82, 2.24) is 15.0 Å². The number of rotatable bonds is 3. The Balaban J connectivity index is 1.95. The molecule has 2 heterocycles. The number of pyridine rings is 1. The molecule has 0 saturated carbocycles. The van der Waals surface area contributed by atoms with Gasteiger partial charge >= 0.3 is 0 Å². The molecule has 128 valence electrons. The number of halogens is 1. The molecule has 0 amide bonds. The van der Waals surface area contributed by atoms with Crippen molar-refractivity contribution in [2.75, 3.05) is 7.11 Å². The Kier molecular flexibility index (Phi) is 4.05. The van der Waals surface area contributed by atoms with Gasteiger partial charge in [-0.2, -0.15) is 0 Å². The Morgan fingerprint density at radius 2 is 1.81 bits per heavy atom. The first-order valence-electron chi connectivity index (χ1n) is 8.18. The predicted octanol–water partition coefficient (Wildman–Crippen LogP) is 4.81. The molecule has 0 N–H and O–H groups in total. The van der Waals surface area contributed by atoms with Crippen LogP contribution < -0.4 is 4.74 Å². The molecular weight excluding hydrogens is 329 g/mol. The lowest BCUT2D eigenvalue weighted by Crippen LogP contribution is -1.94. The summed E-state index contributed by atoms with van der Waals surface area (Å²) in [7, 11) is 1.58. The number of aromatic nitrogens is 3. The van der Waals surface area contributed by atoms with Gasteiger partial charge in [-0.05, 0) is 42.8 Å². The monoisotopic (exact) mass is 345 g/mol. The van der Waals surface area contributed by atoms with Crippen LogP contribution in [0.3, 0.4) is 0 Å². The highest BCUT2D eigenvalue weighted by Crippen LogP contribution is 2.34. The molecule has 2 aromatic heterocycles. The van der Waals surface area contributed by atoms with Gasteiger partial charge in [0.25, 0.3) is 0 Å². The lowest BCUT2D eigenvalue weighted by molar-refractivity contribution is 0.402. The van der Waals surface area contributed by atoms with E-state index in [0.717, 1.165) is 27.6 Å². The molecule has 0 spiro atoms. The van der Waals surface area contributed by atoms with Crippen LogP contribution in [-0.4, -0.2) is 22.1 Å². The van der Waals surface area contributed by atoms with E-state index < -0.39 is 0 Å². The molecule has 26 heavy (non-hydrogen) atoms. The molecule has 0 fully saturated rings. The first kappa shape index (κ1) is 16.1. The maximum Gasteiger partial charge on any atom is 0.224 e. The van der Waals surface area contributed by atoms with Gasteiger partial charge < -0.3 is 4.74 Å². The summed E-state index contributed by atoms with van der Waals surface area (Å²) < 4.78 is 19.8. The molecule has 0 aliphatic heterocycles. The number of ether oxygens (including phenoxy) is 1. The SMILES string of the molecule is COc1ncnc2ccc(-c3cccnc3-c3cc(C)ccc3F)cc12. The molecule has 0 aliphatic carbocycles. The Morgan fingerprint density at radius 3 is 2.65 bits per heavy atom. The van der Waals surface area contributed by atoms with E-state index in [0.29, 0.717) is 17.1 Å². The summed E-state index contributed by atoms with van der Waals surface area (Å²) in [4.78, 5) is 12.9. The van der Waals surface area contributed by atoms with Crippen LogP contribution in [0, 0.1) is 12.7 Å². The standard InChI is InChI=1S/C21H16FN3O/c1-13-5-7-18(22)16(10-13)20-15(4-3-9-23-20)14-6-8-19-17(11-14)21(26-2)25-12-24-19/h3-12H,1-2H3. The number of hydrogen-bond donors (Lipinski definition) is 0. The van der Waals surface area contributed by atoms with Gasteiger partial charge in [-0.1, -0.05) is 23.8 Å². The van der Waals surface area contributed by atoms with Gasteiger partial charge in [0.2, 0.25) is 5.88 Å². The fourth-order valence-electron chi connectivity index (χ4n) is 3.04. The third kappa shape index (κ3) is 2.77. The van der Waals surface area contributed by atoms with Crippen LogP contribution in [0.1, 0.15) is 5.56 Å². The summed E-state index contributed by atoms with van der Waals surface area (Å²) in [5, 5.41) is 0.798. The van der Waals surface area contributed by atoms with Crippen LogP contribution in [0.5, 0.6) is 5.88 Å². The first-order chi connectivity index (χ1) is 12.7. The molecule has 4 rings (SSSR count). The number of fused-ring (bicyclic) bond motifs is 1. The highest BCUT2D eigenvalue weighted by molar-refractivity contribution is 5.91. The average Bonchev–Trinajstić information content (AvgIpc) is 2.69. The summed E-state index contributed by atoms with van der Waals surface area (Å²) in [6.45, 7) is 1.93. The van der Waals surface area contributed by atoms with E-state index in [2.05, 4.69) is 15.0 Å². The van der Waals surface area contributed by atoms with Gasteiger partial charge in [-0.3, -0.25) is 4.98 Å². The van der Waals surface area contributed by atoms with Gasteiger partial charge in [0.05, 0.1) is 23.7 Å². The Morgan fingerprint density at radius 1 is 0.923 bits per heavy atom. The van der Waals surface area contributed by atoms with Crippen LogP contribution >= 0.6 is 0 Å². The molecule has 0 radical (unpaired) electrons. The van der Waals surface area contributed by atoms with Crippen molar-refractivity contribution in [3.8, 4) is 28.3 Å². The van der Waals surface area contributed by atoms with Gasteiger partial charge in [0, 0.05) is 17.3 Å². The summed E-state index contributed by atoms with van der Waals surface area (Å²) in [5.41, 5.74) is 4.58. The normalized spacial score (nSPS) is 10.9. The fourth-order valence-corrected chi connectivity index (χ4v) is 3.04. The Hall–Kier alpha value is -3.34. The zero-order chi connectivity index (χ0) is 18.1. The lowest BCUT2D eigenvalue weighted by Gasteiger charge is -2.12. The Bertz CT molecular complexity index is 1110. The number of benzene rings is 2. The van der Waals surface area contributed by atoms with Crippen LogP contribution in [0.25, 0.3) is 33.3 Å². The van der Waals surface area contributed by atoms with E-state index in [1.807, 2.05) is 43.3 Å². The Labute approximate surface area is 150 Å². The van der Waals surface area contributed by atoms with Crippen molar-refractivity contribution < 1.29 is 9.13 Å². The summed E-state index contributed by atoms with van der Waals surface area (Å²) in [6, 6.07) is 14.6. The van der Waals surface area contributed by atoms with E-state index in [4.69, 9.17) is 4.74 Å². The van der Waals surface area contributed by atoms with Crippen molar-refractivity contribution in [1.29, 1.82) is 0 Å². The van der Waals surface area contributed by atoms with Crippen molar-refractivity contribution in [2.45, 2.75) is 6.92 Å². The quantitative estimate of drug-likeness (QED) is 0.534. The van der Waals surface area contributed by atoms with Crippen LogP contribution in [0.4, 0.5) is 4.39 Å². The summed E-state index contributed by atoms with van der Waals surface area (Å²) in [5.74, 6) is 0.210. The third-order valence-electron chi connectivity index (χ3n) is 4.29. The highest BCUT2D eigenvalue weighted by Gasteiger charge is 2.14. The van der Waals surface area contributed by atoms with Crippen LogP contribution in [0.2, 0.25) is 0 Å². The smallest absolute Gasteiger partial charge is 0.224 e. The van der Waals surface area contributed by atoms with Gasteiger partial charge in [0.1, 0.15) is 12.1 Å². The second kappa shape index (κ2) is 6.52. The number of hydrogen-bond acceptors (Lipinski definition) is 4. The summed E-state index contributed by atoms with van der Waals surface area (Å²) >= 11 is 0. The molecular formula is C21H16FN3O. The molecule has 0 aliphatic rings. The van der Waals surface area contributed by atoms with E-state index in [9.17, 15) is 4.39 Å². The predicted molar refractivity (Wildman–Crippen MR) is 99.5 cm³/mol. The molecule has 0 atom stereocenters. The number of aryl methyl sites for hydroxylation is 1. The van der Waals surface area contributed by atoms with Crippen molar-refractivity contribution in [3.05, 3.63) is 72.4 Å². The minimum atomic E-state index is -0.294. The van der Waals surface area contributed by atoms with Crippen LogP contribution in [-0.2, 0) is 0 Å². The first-order valence-corrected chi connectivity index (χ1v) is 8.18. The number of nitrogens with zero attached hydrogens (tertiary/aromatic N) is 3. The molecule has 0 saturated heterocycles. The van der Waals surface area contributed by atoms with E-state index >= 15 is 0 Å². The van der Waals surface area contributed by atoms with Crippen molar-refractivity contribution in [2.24, 2.45) is 0 Å². The minimum absolute atomic E-state index is 0.294. The minimum Gasteiger partial charge on any atom is -0.480 e. The molecule has 4 nitrogen and oxygen atoms in total.